The number of H-pyrrole nitrogens is 1. The standard InChI is InChI=1S/C26H27N2O9P.2Na/c1-33-16-7-8-17-18(13-16)27-24(25(29)15-11-21(35-3)26(37-5)22(12-15)36-4)23(17)14-6-9-20(34-2)19(10-14)28-38(30,31)32;;/h6-13,27H,1-5H3,(H3,28,30,31,32);;/q;2*+1/p-2. The van der Waals surface area contributed by atoms with Crippen LogP contribution in [0.25, 0.3) is 22.0 Å². The fourth-order valence-corrected chi connectivity index (χ4v) is 4.70. The van der Waals surface area contributed by atoms with Crippen LogP contribution in [0.4, 0.5) is 5.69 Å². The first-order chi connectivity index (χ1) is 18.1. The average Bonchev–Trinajstić information content (AvgIpc) is 3.29. The summed E-state index contributed by atoms with van der Waals surface area (Å²) >= 11 is 0. The van der Waals surface area contributed by atoms with Crippen molar-refractivity contribution < 1.29 is 102 Å². The molecule has 0 saturated carbocycles. The first-order valence-corrected chi connectivity index (χ1v) is 12.7. The molecule has 0 spiro atoms. The predicted molar refractivity (Wildman–Crippen MR) is 138 cm³/mol. The molecular formula is C26H25N2Na2O9P. The third-order valence-corrected chi connectivity index (χ3v) is 6.42. The van der Waals surface area contributed by atoms with Crippen molar-refractivity contribution in [3.8, 4) is 39.9 Å². The molecule has 0 unspecified atom stereocenters. The van der Waals surface area contributed by atoms with Crippen molar-refractivity contribution in [2.24, 2.45) is 0 Å². The van der Waals surface area contributed by atoms with Gasteiger partial charge in [0.25, 0.3) is 0 Å². The molecule has 0 fully saturated rings. The Morgan fingerprint density at radius 2 is 1.43 bits per heavy atom. The molecule has 11 nitrogen and oxygen atoms in total. The topological polar surface area (TPSA) is 154 Å². The number of rotatable bonds is 10. The number of carbonyl (C=O) groups is 1. The number of aromatic nitrogens is 1. The maximum atomic E-state index is 13.9. The van der Waals surface area contributed by atoms with Crippen LogP contribution < -0.4 is 97.7 Å². The number of aromatic amines is 1. The first-order valence-electron chi connectivity index (χ1n) is 11.2. The van der Waals surface area contributed by atoms with E-state index in [0.29, 0.717) is 45.0 Å². The quantitative estimate of drug-likeness (QED) is 0.115. The zero-order valence-corrected chi connectivity index (χ0v) is 28.1. The second-order valence-corrected chi connectivity index (χ2v) is 9.27. The third-order valence-electron chi connectivity index (χ3n) is 5.91. The molecule has 200 valence electrons. The number of methoxy groups -OCH3 is 5. The molecule has 0 amide bonds. The van der Waals surface area contributed by atoms with E-state index in [0.717, 1.165) is 0 Å². The average molecular weight is 586 g/mol. The fourth-order valence-electron chi connectivity index (χ4n) is 4.23. The van der Waals surface area contributed by atoms with Crippen LogP contribution in [0.3, 0.4) is 0 Å². The van der Waals surface area contributed by atoms with Gasteiger partial charge in [-0.3, -0.25) is 4.79 Å². The Balaban J connectivity index is 0.00000280. The van der Waals surface area contributed by atoms with Gasteiger partial charge in [0, 0.05) is 30.3 Å². The Bertz CT molecular complexity index is 1540. The van der Waals surface area contributed by atoms with Crippen LogP contribution in [0.5, 0.6) is 28.7 Å². The third kappa shape index (κ3) is 6.99. The molecule has 4 rings (SSSR count). The van der Waals surface area contributed by atoms with Gasteiger partial charge in [0.15, 0.2) is 11.5 Å². The number of anilines is 1. The van der Waals surface area contributed by atoms with Crippen LogP contribution in [0.1, 0.15) is 16.1 Å². The van der Waals surface area contributed by atoms with Crippen molar-refractivity contribution in [3.63, 3.8) is 0 Å². The minimum absolute atomic E-state index is 0. The van der Waals surface area contributed by atoms with E-state index in [-0.39, 0.29) is 81.8 Å². The van der Waals surface area contributed by atoms with E-state index in [9.17, 15) is 19.1 Å². The van der Waals surface area contributed by atoms with Crippen molar-refractivity contribution in [2.45, 2.75) is 0 Å². The van der Waals surface area contributed by atoms with Crippen LogP contribution in [0.2, 0.25) is 0 Å². The number of carbonyl (C=O) groups excluding carboxylic acids is 1. The van der Waals surface area contributed by atoms with Gasteiger partial charge >= 0.3 is 59.1 Å². The van der Waals surface area contributed by atoms with Gasteiger partial charge in [-0.15, -0.1) is 0 Å². The van der Waals surface area contributed by atoms with Crippen LogP contribution >= 0.6 is 7.75 Å². The van der Waals surface area contributed by atoms with E-state index in [1.54, 1.807) is 24.3 Å². The number of hydrogen-bond donors (Lipinski definition) is 2. The summed E-state index contributed by atoms with van der Waals surface area (Å²) in [6.45, 7) is 0. The SMILES string of the molecule is COc1ccc2c(-c3ccc(OC)c(NP(=O)([O-])[O-])c3)c(C(=O)c3cc(OC)c(OC)c(OC)c3)[nH]c2c1.[Na+].[Na+]. The molecule has 1 aromatic heterocycles. The molecule has 2 N–H and O–H groups in total. The molecule has 0 aliphatic carbocycles. The monoisotopic (exact) mass is 586 g/mol. The summed E-state index contributed by atoms with van der Waals surface area (Å²) in [7, 11) is 2.08. The summed E-state index contributed by atoms with van der Waals surface area (Å²) in [6.07, 6.45) is 0. The zero-order valence-electron chi connectivity index (χ0n) is 23.2. The van der Waals surface area contributed by atoms with E-state index >= 15 is 0 Å². The van der Waals surface area contributed by atoms with Crippen molar-refractivity contribution in [1.29, 1.82) is 0 Å². The molecule has 0 bridgehead atoms. The van der Waals surface area contributed by atoms with Crippen LogP contribution in [0.15, 0.2) is 48.5 Å². The Morgan fingerprint density at radius 3 is 1.95 bits per heavy atom. The summed E-state index contributed by atoms with van der Waals surface area (Å²) in [5, 5.41) is 2.61. The van der Waals surface area contributed by atoms with Gasteiger partial charge in [-0.25, -0.2) is 0 Å². The Hall–Kier alpha value is -2.18. The normalized spacial score (nSPS) is 10.7. The number of nitrogens with one attached hydrogen (secondary N) is 2. The van der Waals surface area contributed by atoms with Gasteiger partial charge in [0.2, 0.25) is 11.5 Å². The maximum absolute atomic E-state index is 13.9. The molecule has 0 atom stereocenters. The number of ether oxygens (including phenoxy) is 5. The van der Waals surface area contributed by atoms with E-state index in [2.05, 4.69) is 4.98 Å². The van der Waals surface area contributed by atoms with Gasteiger partial charge in [0.05, 0.1) is 52.4 Å². The predicted octanol–water partition coefficient (Wildman–Crippen LogP) is -2.64. The van der Waals surface area contributed by atoms with E-state index in [4.69, 9.17) is 23.7 Å². The molecule has 0 aliphatic heterocycles. The molecule has 40 heavy (non-hydrogen) atoms. The molecule has 3 aromatic carbocycles. The number of fused-ring (bicyclic) bond motifs is 1. The van der Waals surface area contributed by atoms with Crippen LogP contribution in [-0.4, -0.2) is 46.3 Å². The summed E-state index contributed by atoms with van der Waals surface area (Å²) in [5.41, 5.74) is 1.90. The Labute approximate surface area is 275 Å². The molecule has 0 saturated heterocycles. The summed E-state index contributed by atoms with van der Waals surface area (Å²) in [4.78, 5) is 40.1. The second-order valence-electron chi connectivity index (χ2n) is 8.05. The number of benzene rings is 3. The van der Waals surface area contributed by atoms with E-state index < -0.39 is 13.5 Å². The molecule has 0 aliphatic rings. The van der Waals surface area contributed by atoms with Gasteiger partial charge in [-0.05, 0) is 42.0 Å². The molecular weight excluding hydrogens is 561 g/mol. The van der Waals surface area contributed by atoms with Crippen molar-refractivity contribution in [3.05, 3.63) is 59.8 Å². The zero-order chi connectivity index (χ0) is 27.6. The number of ketones is 1. The number of hydrogen-bond acceptors (Lipinski definition) is 9. The molecule has 4 aromatic rings. The molecule has 1 heterocycles. The maximum Gasteiger partial charge on any atom is 1.00 e. The summed E-state index contributed by atoms with van der Waals surface area (Å²) in [5.74, 6) is 1.23. The first kappa shape index (κ1) is 34.0. The van der Waals surface area contributed by atoms with Gasteiger partial charge in [0.1, 0.15) is 11.5 Å². The van der Waals surface area contributed by atoms with E-state index in [1.165, 1.54) is 59.8 Å². The van der Waals surface area contributed by atoms with Crippen molar-refractivity contribution >= 4 is 30.1 Å². The Morgan fingerprint density at radius 1 is 0.800 bits per heavy atom. The minimum Gasteiger partial charge on any atom is -0.795 e. The van der Waals surface area contributed by atoms with Gasteiger partial charge < -0.3 is 48.1 Å². The van der Waals surface area contributed by atoms with Crippen LogP contribution in [-0.2, 0) is 4.57 Å². The second kappa shape index (κ2) is 14.1. The largest absolute Gasteiger partial charge is 1.00 e. The molecule has 14 heteroatoms. The van der Waals surface area contributed by atoms with E-state index in [1.807, 2.05) is 5.09 Å². The molecule has 0 radical (unpaired) electrons. The smallest absolute Gasteiger partial charge is 0.795 e. The van der Waals surface area contributed by atoms with Gasteiger partial charge in [-0.2, -0.15) is 0 Å². The van der Waals surface area contributed by atoms with Crippen molar-refractivity contribution in [2.75, 3.05) is 40.6 Å². The summed E-state index contributed by atoms with van der Waals surface area (Å²) < 4.78 is 38.2. The fraction of sp³-hybridized carbons (Fsp3) is 0.192. The Kier molecular flexibility index (Phi) is 12.0. The van der Waals surface area contributed by atoms with Gasteiger partial charge in [-0.1, -0.05) is 6.07 Å². The van der Waals surface area contributed by atoms with Crippen molar-refractivity contribution in [1.82, 2.24) is 4.98 Å². The minimum atomic E-state index is -5.15. The van der Waals surface area contributed by atoms with Crippen LogP contribution in [0, 0.1) is 0 Å². The summed E-state index contributed by atoms with van der Waals surface area (Å²) in [6, 6.07) is 12.9.